The summed E-state index contributed by atoms with van der Waals surface area (Å²) in [5, 5.41) is 1.91. The van der Waals surface area contributed by atoms with Crippen LogP contribution in [0, 0.1) is 30.1 Å². The van der Waals surface area contributed by atoms with Gasteiger partial charge in [-0.05, 0) is 79.4 Å². The number of benzene rings is 2. The summed E-state index contributed by atoms with van der Waals surface area (Å²) in [6.07, 6.45) is 3.27. The summed E-state index contributed by atoms with van der Waals surface area (Å²) in [5.41, 5.74) is 13.1. The first-order chi connectivity index (χ1) is 27.0. The fourth-order valence-electron chi connectivity index (χ4n) is 10.6. The van der Waals surface area contributed by atoms with E-state index in [9.17, 15) is 7.13 Å². The van der Waals surface area contributed by atoms with E-state index >= 15 is 8.78 Å². The quantitative estimate of drug-likeness (QED) is 0.109. The Morgan fingerprint density at radius 1 is 1.05 bits per heavy atom. The van der Waals surface area contributed by atoms with Gasteiger partial charge in [0.2, 0.25) is 0 Å². The van der Waals surface area contributed by atoms with E-state index in [1.54, 1.807) is 18.3 Å². The molecule has 8 rings (SSSR count). The number of alkyl halides is 2. The standard InChI is InChI=1S/C44H55F3N6OSi/c1-25(2)55(26(3)4,27(5)6)18-14-32-36(46)13-12-29-19-31(48)20-34(37(29)32)39-28(7)40-35(22-49-39)42(53-17-9-8-11-33-38(47)41(33)53)51-43(50-40)54-24-44-15-10-16-52(44)23-30(45)21-44/h12-13,19-20,22,25-27,30,33,38,41H,8-11,15-17,21,23-24,48H2,1-7H3/t30-,33+,38+,41+,44+/m1/s1/i24D2. The molecule has 0 radical (unpaired) electrons. The third-order valence-corrected chi connectivity index (χ3v) is 19.6. The van der Waals surface area contributed by atoms with Gasteiger partial charge >= 0.3 is 6.01 Å². The Labute approximate surface area is 327 Å². The highest BCUT2D eigenvalue weighted by Crippen LogP contribution is 2.49. The molecule has 4 aromatic rings. The van der Waals surface area contributed by atoms with Crippen molar-refractivity contribution in [3.05, 3.63) is 47.4 Å². The molecule has 4 fully saturated rings. The zero-order valence-electron chi connectivity index (χ0n) is 35.1. The second-order valence-corrected chi connectivity index (χ2v) is 23.0. The first-order valence-corrected chi connectivity index (χ1v) is 22.5. The van der Waals surface area contributed by atoms with Crippen molar-refractivity contribution in [3.8, 4) is 28.7 Å². The molecular weight excluding hydrogens is 714 g/mol. The van der Waals surface area contributed by atoms with Crippen LogP contribution < -0.4 is 15.4 Å². The maximum Gasteiger partial charge on any atom is 0.319 e. The molecule has 2 aromatic carbocycles. The summed E-state index contributed by atoms with van der Waals surface area (Å²) in [6, 6.07) is 6.22. The van der Waals surface area contributed by atoms with Crippen molar-refractivity contribution >= 4 is 41.3 Å². The van der Waals surface area contributed by atoms with E-state index in [4.69, 9.17) is 25.4 Å². The number of pyridine rings is 1. The summed E-state index contributed by atoms with van der Waals surface area (Å²) >= 11 is 0. The molecule has 5 atom stereocenters. The molecule has 1 aliphatic carbocycles. The number of aryl methyl sites for hydroxylation is 1. The second-order valence-electron chi connectivity index (χ2n) is 17.4. The van der Waals surface area contributed by atoms with Crippen molar-refractivity contribution in [2.24, 2.45) is 5.92 Å². The number of nitrogens with two attached hydrogens (primary N) is 1. The highest BCUT2D eigenvalue weighted by atomic mass is 28.3. The van der Waals surface area contributed by atoms with Crippen molar-refractivity contribution in [1.29, 1.82) is 0 Å². The Balaban J connectivity index is 1.33. The minimum absolute atomic E-state index is 0.0202. The molecule has 2 aromatic heterocycles. The number of hydrogen-bond donors (Lipinski definition) is 1. The monoisotopic (exact) mass is 770 g/mol. The summed E-state index contributed by atoms with van der Waals surface area (Å²) in [5.74, 6) is 3.29. The van der Waals surface area contributed by atoms with Crippen molar-refractivity contribution < 1.29 is 20.6 Å². The minimum Gasteiger partial charge on any atom is -0.461 e. The third kappa shape index (κ3) is 6.36. The largest absolute Gasteiger partial charge is 0.461 e. The molecule has 3 aliphatic heterocycles. The van der Waals surface area contributed by atoms with Crippen molar-refractivity contribution in [1.82, 2.24) is 19.9 Å². The summed E-state index contributed by atoms with van der Waals surface area (Å²) < 4.78 is 71.2. The highest BCUT2D eigenvalue weighted by Gasteiger charge is 2.56. The van der Waals surface area contributed by atoms with Crippen LogP contribution in [0.15, 0.2) is 30.5 Å². The first kappa shape index (κ1) is 35.5. The zero-order valence-corrected chi connectivity index (χ0v) is 34.1. The van der Waals surface area contributed by atoms with Crippen LogP contribution in [0.4, 0.5) is 24.7 Å². The molecule has 7 nitrogen and oxygen atoms in total. The Hall–Kier alpha value is -3.88. The molecule has 0 amide bonds. The fourth-order valence-corrected chi connectivity index (χ4v) is 15.8. The van der Waals surface area contributed by atoms with Crippen LogP contribution in [0.1, 0.15) is 93.9 Å². The summed E-state index contributed by atoms with van der Waals surface area (Å²) in [4.78, 5) is 18.6. The number of halogens is 3. The lowest BCUT2D eigenvalue weighted by Gasteiger charge is -2.38. The topological polar surface area (TPSA) is 80.4 Å². The van der Waals surface area contributed by atoms with Gasteiger partial charge in [-0.3, -0.25) is 9.88 Å². The van der Waals surface area contributed by atoms with Gasteiger partial charge in [0.05, 0.1) is 36.5 Å². The van der Waals surface area contributed by atoms with E-state index in [1.165, 1.54) is 6.07 Å². The number of aromatic nitrogens is 3. The normalized spacial score (nSPS) is 26.2. The number of hydrogen-bond acceptors (Lipinski definition) is 7. The maximum absolute atomic E-state index is 16.2. The van der Waals surface area contributed by atoms with Crippen LogP contribution in [-0.4, -0.2) is 78.0 Å². The number of nitrogens with zero attached hydrogens (tertiary/aromatic N) is 5. The Bertz CT molecular complexity index is 2280. The van der Waals surface area contributed by atoms with Crippen molar-refractivity contribution in [2.75, 3.05) is 36.8 Å². The molecule has 3 saturated heterocycles. The van der Waals surface area contributed by atoms with Gasteiger partial charge < -0.3 is 15.4 Å². The lowest BCUT2D eigenvalue weighted by atomic mass is 9.94. The highest BCUT2D eigenvalue weighted by molar-refractivity contribution is 6.90. The first-order valence-electron chi connectivity index (χ1n) is 21.2. The number of nitrogen functional groups attached to an aromatic ring is 1. The van der Waals surface area contributed by atoms with E-state index in [2.05, 4.69) is 53.0 Å². The Morgan fingerprint density at radius 3 is 2.56 bits per heavy atom. The van der Waals surface area contributed by atoms with Gasteiger partial charge in [0, 0.05) is 53.8 Å². The predicted molar refractivity (Wildman–Crippen MR) is 219 cm³/mol. The molecule has 5 heterocycles. The van der Waals surface area contributed by atoms with Gasteiger partial charge in [-0.1, -0.05) is 60.0 Å². The Kier molecular flexibility index (Phi) is 9.20. The summed E-state index contributed by atoms with van der Waals surface area (Å²) in [7, 11) is -2.24. The average Bonchev–Trinajstić information content (AvgIpc) is 3.50. The predicted octanol–water partition coefficient (Wildman–Crippen LogP) is 9.73. The lowest BCUT2D eigenvalue weighted by Crippen LogP contribution is -2.43. The number of ether oxygens (including phenoxy) is 1. The van der Waals surface area contributed by atoms with Crippen LogP contribution in [0.3, 0.4) is 0 Å². The van der Waals surface area contributed by atoms with Gasteiger partial charge in [0.25, 0.3) is 0 Å². The van der Waals surface area contributed by atoms with Crippen molar-refractivity contribution in [3.63, 3.8) is 0 Å². The second kappa shape index (κ2) is 14.2. The molecule has 1 saturated carbocycles. The number of fused-ring (bicyclic) bond motifs is 4. The minimum atomic E-state index is -2.32. The van der Waals surface area contributed by atoms with E-state index in [0.717, 1.165) is 31.1 Å². The van der Waals surface area contributed by atoms with Gasteiger partial charge in [-0.25, -0.2) is 13.2 Å². The molecule has 4 aliphatic rings. The van der Waals surface area contributed by atoms with E-state index < -0.39 is 38.3 Å². The van der Waals surface area contributed by atoms with Crippen LogP contribution in [0.2, 0.25) is 16.6 Å². The molecule has 0 bridgehead atoms. The molecule has 2 N–H and O–H groups in total. The van der Waals surface area contributed by atoms with E-state index in [-0.39, 0.29) is 30.9 Å². The number of anilines is 2. The third-order valence-electron chi connectivity index (χ3n) is 13.3. The van der Waals surface area contributed by atoms with Crippen LogP contribution in [-0.2, 0) is 0 Å². The van der Waals surface area contributed by atoms with Crippen LogP contribution in [0.25, 0.3) is 32.9 Å². The van der Waals surface area contributed by atoms with Gasteiger partial charge in [-0.15, -0.1) is 5.54 Å². The van der Waals surface area contributed by atoms with E-state index in [1.807, 2.05) is 22.8 Å². The lowest BCUT2D eigenvalue weighted by molar-refractivity contribution is 0.107. The molecule has 292 valence electrons. The summed E-state index contributed by atoms with van der Waals surface area (Å²) in [6.45, 7) is 14.2. The molecule has 55 heavy (non-hydrogen) atoms. The van der Waals surface area contributed by atoms with Gasteiger partial charge in [0.1, 0.15) is 38.6 Å². The molecular formula is C44H55F3N6OSi. The zero-order chi connectivity index (χ0) is 40.8. The maximum atomic E-state index is 16.2. The fraction of sp³-hybridized carbons (Fsp3) is 0.568. The number of rotatable bonds is 8. The molecule has 0 spiro atoms. The Morgan fingerprint density at radius 2 is 1.82 bits per heavy atom. The van der Waals surface area contributed by atoms with Gasteiger partial charge in [0.15, 0.2) is 0 Å². The average molecular weight is 771 g/mol. The van der Waals surface area contributed by atoms with Gasteiger partial charge in [-0.2, -0.15) is 9.97 Å². The van der Waals surface area contributed by atoms with Crippen LogP contribution >= 0.6 is 0 Å². The van der Waals surface area contributed by atoms with Crippen LogP contribution in [0.5, 0.6) is 6.01 Å². The SMILES string of the molecule is [2H]C([2H])(Oc1nc(N2CCCC[C@H]3[C@H](F)[C@H]32)c2cnc(-c3cc(N)cc4ccc(F)c(C#C[Si](C(C)C)(C(C)C)C(C)C)c34)c(C)c2n1)[C@@]12CCCN1C[C@H](F)C2. The van der Waals surface area contributed by atoms with Crippen molar-refractivity contribution in [2.45, 2.75) is 128 Å². The smallest absolute Gasteiger partial charge is 0.319 e. The van der Waals surface area contributed by atoms with E-state index in [0.29, 0.717) is 86.3 Å². The molecule has 11 heteroatoms. The molecule has 0 unspecified atom stereocenters.